The molecule has 1 aliphatic heterocycles. The Morgan fingerprint density at radius 1 is 1.05 bits per heavy atom. The molecule has 0 amide bonds. The first-order chi connectivity index (χ1) is 19.7. The number of nitrogens with zero attached hydrogens (tertiary/aromatic N) is 4. The number of rotatable bonds is 7. The van der Waals surface area contributed by atoms with Crippen molar-refractivity contribution in [1.82, 2.24) is 19.1 Å². The van der Waals surface area contributed by atoms with Crippen LogP contribution in [0.5, 0.6) is 5.75 Å². The van der Waals surface area contributed by atoms with Crippen LogP contribution >= 0.6 is 0 Å². The van der Waals surface area contributed by atoms with Gasteiger partial charge in [-0.3, -0.25) is 9.78 Å². The van der Waals surface area contributed by atoms with Crippen LogP contribution in [0.15, 0.2) is 89.6 Å². The lowest BCUT2D eigenvalue weighted by Gasteiger charge is -2.44. The number of carbonyl (C=O) groups excluding carboxylic acids is 1. The highest BCUT2D eigenvalue weighted by atomic mass is 32.2. The Balaban J connectivity index is 1.42. The molecule has 2 aromatic heterocycles. The lowest BCUT2D eigenvalue weighted by atomic mass is 9.65. The van der Waals surface area contributed by atoms with Gasteiger partial charge >= 0.3 is 6.61 Å². The van der Waals surface area contributed by atoms with Gasteiger partial charge in [0.25, 0.3) is 0 Å². The highest BCUT2D eigenvalue weighted by Gasteiger charge is 2.51. The lowest BCUT2D eigenvalue weighted by Crippen LogP contribution is -2.53. The fourth-order valence-electron chi connectivity index (χ4n) is 5.51. The first-order valence-corrected chi connectivity index (χ1v) is 14.2. The third-order valence-corrected chi connectivity index (χ3v) is 9.29. The molecular weight excluding hydrogens is 557 g/mol. The zero-order valence-corrected chi connectivity index (χ0v) is 22.3. The molecule has 1 fully saturated rings. The van der Waals surface area contributed by atoms with Crippen LogP contribution in [0.3, 0.4) is 0 Å². The molecule has 0 radical (unpaired) electrons. The normalized spacial score (nSPS) is 18.9. The zero-order chi connectivity index (χ0) is 28.8. The summed E-state index contributed by atoms with van der Waals surface area (Å²) in [5.41, 5.74) is 1.72. The average Bonchev–Trinajstić information content (AvgIpc) is 3.38. The van der Waals surface area contributed by atoms with Gasteiger partial charge < -0.3 is 4.74 Å². The van der Waals surface area contributed by atoms with Crippen molar-refractivity contribution in [2.75, 3.05) is 13.1 Å². The van der Waals surface area contributed by atoms with Crippen LogP contribution in [0.1, 0.15) is 28.2 Å². The van der Waals surface area contributed by atoms with E-state index >= 15 is 0 Å². The molecule has 4 aromatic rings. The summed E-state index contributed by atoms with van der Waals surface area (Å²) in [5.74, 6) is -0.999. The molecule has 1 aliphatic carbocycles. The van der Waals surface area contributed by atoms with E-state index in [0.29, 0.717) is 11.3 Å². The van der Waals surface area contributed by atoms with Crippen molar-refractivity contribution in [3.8, 4) is 11.4 Å². The number of piperidine rings is 1. The van der Waals surface area contributed by atoms with Crippen LogP contribution in [0, 0.1) is 11.2 Å². The van der Waals surface area contributed by atoms with Crippen molar-refractivity contribution in [1.29, 1.82) is 0 Å². The summed E-state index contributed by atoms with van der Waals surface area (Å²) in [6.45, 7) is -3.23. The van der Waals surface area contributed by atoms with Crippen LogP contribution in [-0.2, 0) is 16.4 Å². The lowest BCUT2D eigenvalue weighted by molar-refractivity contribution is -0.0500. The molecule has 41 heavy (non-hydrogen) atoms. The number of carbonyl (C=O) groups is 1. The Bertz CT molecular complexity index is 1760. The second-order valence-corrected chi connectivity index (χ2v) is 11.8. The SMILES string of the molecule is O=C(c1ccccn1)C12Cc3cnn(-c4ccc(F)cc4)c3C=C1CCN(S(=O)(=O)c1cccc(OC(F)F)c1)C2. The van der Waals surface area contributed by atoms with Crippen molar-refractivity contribution in [2.24, 2.45) is 5.41 Å². The molecule has 0 saturated carbocycles. The molecule has 2 aliphatic rings. The minimum atomic E-state index is -4.19. The molecule has 1 saturated heterocycles. The molecule has 0 N–H and O–H groups in total. The van der Waals surface area contributed by atoms with E-state index in [9.17, 15) is 26.4 Å². The number of pyridine rings is 1. The molecular formula is C29H23F3N4O4S. The molecule has 2 aromatic carbocycles. The van der Waals surface area contributed by atoms with Gasteiger partial charge in [0.1, 0.15) is 17.3 Å². The summed E-state index contributed by atoms with van der Waals surface area (Å²) in [4.78, 5) is 18.2. The highest BCUT2D eigenvalue weighted by molar-refractivity contribution is 7.89. The second-order valence-electron chi connectivity index (χ2n) is 9.86. The molecule has 0 bridgehead atoms. The van der Waals surface area contributed by atoms with E-state index in [0.717, 1.165) is 17.3 Å². The Morgan fingerprint density at radius 3 is 2.59 bits per heavy atom. The van der Waals surface area contributed by atoms with Gasteiger partial charge in [-0.15, -0.1) is 0 Å². The number of alkyl halides is 2. The summed E-state index contributed by atoms with van der Waals surface area (Å²) in [5, 5.41) is 4.48. The van der Waals surface area contributed by atoms with Crippen LogP contribution in [-0.4, -0.2) is 53.0 Å². The van der Waals surface area contributed by atoms with E-state index in [4.69, 9.17) is 0 Å². The standard InChI is InChI=1S/C29H23F3N4O4S/c30-21-7-9-22(10-8-21)36-26-14-20-11-13-35(41(38,39)24-5-3-4-23(15-24)40-28(31)32)18-29(20,16-19(26)17-34-36)27(37)25-6-1-2-12-33-25/h1-10,12,14-15,17,28H,11,13,16,18H2. The largest absolute Gasteiger partial charge is 0.435 e. The second kappa shape index (κ2) is 10.3. The minimum absolute atomic E-state index is 0.0609. The molecule has 0 spiro atoms. The average molecular weight is 581 g/mol. The maximum absolute atomic E-state index is 14.2. The quantitative estimate of drug-likeness (QED) is 0.289. The number of ketones is 1. The monoisotopic (exact) mass is 580 g/mol. The summed E-state index contributed by atoms with van der Waals surface area (Å²) in [6.07, 6.45) is 5.37. The van der Waals surface area contributed by atoms with Gasteiger partial charge in [-0.2, -0.15) is 18.2 Å². The van der Waals surface area contributed by atoms with E-state index < -0.39 is 22.0 Å². The zero-order valence-electron chi connectivity index (χ0n) is 21.5. The number of halogens is 3. The predicted molar refractivity (Wildman–Crippen MR) is 143 cm³/mol. The number of Topliss-reactive ketones (excluding diaryl/α,β-unsaturated/α-hetero) is 1. The number of aromatic nitrogens is 3. The molecule has 12 heteroatoms. The molecule has 1 atom stereocenters. The third-order valence-electron chi connectivity index (χ3n) is 7.45. The molecule has 210 valence electrons. The van der Waals surface area contributed by atoms with Crippen LogP contribution in [0.25, 0.3) is 11.8 Å². The van der Waals surface area contributed by atoms with E-state index in [1.807, 2.05) is 6.08 Å². The Labute approximate surface area is 233 Å². The number of fused-ring (bicyclic) bond motifs is 2. The summed E-state index contributed by atoms with van der Waals surface area (Å²) >= 11 is 0. The van der Waals surface area contributed by atoms with E-state index in [2.05, 4.69) is 14.8 Å². The van der Waals surface area contributed by atoms with Crippen molar-refractivity contribution in [2.45, 2.75) is 24.3 Å². The maximum atomic E-state index is 14.2. The van der Waals surface area contributed by atoms with E-state index in [1.54, 1.807) is 41.2 Å². The van der Waals surface area contributed by atoms with Gasteiger partial charge in [0.05, 0.1) is 27.9 Å². The van der Waals surface area contributed by atoms with E-state index in [1.165, 1.54) is 40.8 Å². The smallest absolute Gasteiger partial charge is 0.387 e. The van der Waals surface area contributed by atoms with E-state index in [-0.39, 0.29) is 53.9 Å². The predicted octanol–water partition coefficient (Wildman–Crippen LogP) is 4.91. The Hall–Kier alpha value is -4.29. The van der Waals surface area contributed by atoms with Gasteiger partial charge in [0.2, 0.25) is 10.0 Å². The summed E-state index contributed by atoms with van der Waals surface area (Å²) in [7, 11) is -4.19. The first-order valence-electron chi connectivity index (χ1n) is 12.7. The van der Waals surface area contributed by atoms with Crippen molar-refractivity contribution in [3.05, 3.63) is 107 Å². The number of hydrogen-bond acceptors (Lipinski definition) is 6. The van der Waals surface area contributed by atoms with Crippen molar-refractivity contribution >= 4 is 21.9 Å². The van der Waals surface area contributed by atoms with Crippen LogP contribution in [0.2, 0.25) is 0 Å². The van der Waals surface area contributed by atoms with Crippen molar-refractivity contribution < 1.29 is 31.1 Å². The van der Waals surface area contributed by atoms with Gasteiger partial charge in [-0.25, -0.2) is 17.5 Å². The Morgan fingerprint density at radius 2 is 1.85 bits per heavy atom. The van der Waals surface area contributed by atoms with Gasteiger partial charge in [-0.05, 0) is 73.0 Å². The van der Waals surface area contributed by atoms with Gasteiger partial charge in [0.15, 0.2) is 5.78 Å². The number of ether oxygens (including phenoxy) is 1. The van der Waals surface area contributed by atoms with Crippen molar-refractivity contribution in [3.63, 3.8) is 0 Å². The number of hydrogen-bond donors (Lipinski definition) is 0. The number of benzene rings is 2. The highest BCUT2D eigenvalue weighted by Crippen LogP contribution is 2.47. The molecule has 1 unspecified atom stereocenters. The Kier molecular flexibility index (Phi) is 6.74. The van der Waals surface area contributed by atoms with Gasteiger partial charge in [0, 0.05) is 25.4 Å². The summed E-state index contributed by atoms with van der Waals surface area (Å²) < 4.78 is 73.9. The fourth-order valence-corrected chi connectivity index (χ4v) is 7.05. The third kappa shape index (κ3) is 4.82. The fraction of sp³-hybridized carbons (Fsp3) is 0.207. The maximum Gasteiger partial charge on any atom is 0.387 e. The number of sulfonamides is 1. The topological polar surface area (TPSA) is 94.4 Å². The van der Waals surface area contributed by atoms with Crippen LogP contribution < -0.4 is 4.74 Å². The van der Waals surface area contributed by atoms with Gasteiger partial charge in [-0.1, -0.05) is 17.7 Å². The summed E-state index contributed by atoms with van der Waals surface area (Å²) in [6, 6.07) is 15.7. The minimum Gasteiger partial charge on any atom is -0.435 e. The molecule has 3 heterocycles. The van der Waals surface area contributed by atoms with Crippen LogP contribution in [0.4, 0.5) is 13.2 Å². The molecule has 8 nitrogen and oxygen atoms in total. The first kappa shape index (κ1) is 26.9. The molecule has 6 rings (SSSR count).